The number of rotatable bonds is 6. The van der Waals surface area contributed by atoms with Crippen molar-refractivity contribution in [2.45, 2.75) is 24.9 Å². The quantitative estimate of drug-likeness (QED) is 0.829. The minimum atomic E-state index is -3.67. The van der Waals surface area contributed by atoms with E-state index in [4.69, 9.17) is 16.3 Å². The summed E-state index contributed by atoms with van der Waals surface area (Å²) in [5, 5.41) is 1.96. The number of nitrogens with one attached hydrogen (secondary N) is 1. The van der Waals surface area contributed by atoms with Crippen molar-refractivity contribution >= 4 is 33.0 Å². The van der Waals surface area contributed by atoms with E-state index in [1.165, 1.54) is 14.0 Å². The molecule has 1 atom stereocenters. The van der Waals surface area contributed by atoms with Crippen molar-refractivity contribution in [3.8, 4) is 5.75 Å². The molecule has 0 aliphatic carbocycles. The van der Waals surface area contributed by atoms with Crippen molar-refractivity contribution in [3.05, 3.63) is 58.6 Å². The zero-order chi connectivity index (χ0) is 18.6. The van der Waals surface area contributed by atoms with E-state index in [0.29, 0.717) is 22.0 Å². The van der Waals surface area contributed by atoms with Crippen LogP contribution in [0.3, 0.4) is 0 Å². The molecule has 2 rings (SSSR count). The molecule has 25 heavy (non-hydrogen) atoms. The van der Waals surface area contributed by atoms with E-state index in [2.05, 4.69) is 5.32 Å². The molecule has 2 aromatic rings. The van der Waals surface area contributed by atoms with Crippen LogP contribution in [-0.2, 0) is 20.4 Å². The molecule has 0 fully saturated rings. The Morgan fingerprint density at radius 2 is 1.84 bits per heavy atom. The summed E-state index contributed by atoms with van der Waals surface area (Å²) in [6.45, 7) is 3.25. The topological polar surface area (TPSA) is 72.5 Å². The molecule has 7 heteroatoms. The Morgan fingerprint density at radius 3 is 2.44 bits per heavy atom. The van der Waals surface area contributed by atoms with Crippen LogP contribution in [0.1, 0.15) is 18.1 Å². The number of aryl methyl sites for hydroxylation is 1. The summed E-state index contributed by atoms with van der Waals surface area (Å²) >= 11 is 5.80. The van der Waals surface area contributed by atoms with Crippen LogP contribution in [0.15, 0.2) is 42.5 Å². The van der Waals surface area contributed by atoms with Gasteiger partial charge in [-0.25, -0.2) is 8.42 Å². The summed E-state index contributed by atoms with van der Waals surface area (Å²) in [6, 6.07) is 11.8. The van der Waals surface area contributed by atoms with Gasteiger partial charge in [0.2, 0.25) is 5.91 Å². The third kappa shape index (κ3) is 4.96. The van der Waals surface area contributed by atoms with Crippen LogP contribution >= 0.6 is 11.6 Å². The Kier molecular flexibility index (Phi) is 6.08. The number of anilines is 1. The molecule has 0 radical (unpaired) electrons. The predicted octanol–water partition coefficient (Wildman–Crippen LogP) is 3.60. The molecular formula is C18H20ClNO4S. The second-order valence-corrected chi connectivity index (χ2v) is 8.53. The highest BCUT2D eigenvalue weighted by molar-refractivity contribution is 7.92. The summed E-state index contributed by atoms with van der Waals surface area (Å²) in [5.41, 5.74) is 1.95. The van der Waals surface area contributed by atoms with Gasteiger partial charge in [0.25, 0.3) is 0 Å². The second kappa shape index (κ2) is 7.89. The normalized spacial score (nSPS) is 12.5. The van der Waals surface area contributed by atoms with Gasteiger partial charge >= 0.3 is 0 Å². The Hall–Kier alpha value is -2.05. The maximum absolute atomic E-state index is 12.5. The van der Waals surface area contributed by atoms with Gasteiger partial charge in [0.1, 0.15) is 11.0 Å². The molecule has 1 amide bonds. The Balaban J connectivity index is 2.15. The van der Waals surface area contributed by atoms with Gasteiger partial charge < -0.3 is 10.1 Å². The van der Waals surface area contributed by atoms with E-state index in [0.717, 1.165) is 5.56 Å². The van der Waals surface area contributed by atoms with Gasteiger partial charge in [-0.3, -0.25) is 4.79 Å². The number of benzene rings is 2. The monoisotopic (exact) mass is 381 g/mol. The fraction of sp³-hybridized carbons (Fsp3) is 0.278. The number of sulfone groups is 1. The van der Waals surface area contributed by atoms with Crippen LogP contribution in [0.5, 0.6) is 5.75 Å². The molecule has 0 aromatic heterocycles. The van der Waals surface area contributed by atoms with Crippen LogP contribution in [0.4, 0.5) is 5.69 Å². The molecule has 0 bridgehead atoms. The van der Waals surface area contributed by atoms with Crippen molar-refractivity contribution < 1.29 is 17.9 Å². The van der Waals surface area contributed by atoms with Gasteiger partial charge in [0, 0.05) is 5.02 Å². The van der Waals surface area contributed by atoms with Crippen molar-refractivity contribution in [1.82, 2.24) is 0 Å². The fourth-order valence-electron chi connectivity index (χ4n) is 2.25. The number of hydrogen-bond acceptors (Lipinski definition) is 4. The maximum atomic E-state index is 12.5. The lowest BCUT2D eigenvalue weighted by Gasteiger charge is -2.15. The number of halogens is 1. The van der Waals surface area contributed by atoms with E-state index in [1.807, 2.05) is 13.0 Å². The molecule has 0 saturated heterocycles. The molecule has 0 spiro atoms. The lowest BCUT2D eigenvalue weighted by atomic mass is 10.2. The number of amides is 1. The van der Waals surface area contributed by atoms with Gasteiger partial charge in [-0.1, -0.05) is 29.8 Å². The number of carbonyl (C=O) groups is 1. The van der Waals surface area contributed by atoms with Crippen LogP contribution in [0, 0.1) is 6.92 Å². The fourth-order valence-corrected chi connectivity index (χ4v) is 3.67. The van der Waals surface area contributed by atoms with Gasteiger partial charge in [-0.05, 0) is 49.2 Å². The number of carbonyl (C=O) groups excluding carboxylic acids is 1. The first kappa shape index (κ1) is 19.3. The first-order valence-electron chi connectivity index (χ1n) is 7.64. The SMILES string of the molecule is COc1ccc(C)cc1NC(=O)C(C)S(=O)(=O)Cc1ccc(Cl)cc1. The number of methoxy groups -OCH3 is 1. The molecule has 5 nitrogen and oxygen atoms in total. The summed E-state index contributed by atoms with van der Waals surface area (Å²) in [6.07, 6.45) is 0. The average Bonchev–Trinajstić information content (AvgIpc) is 2.56. The smallest absolute Gasteiger partial charge is 0.242 e. The first-order valence-corrected chi connectivity index (χ1v) is 9.74. The zero-order valence-electron chi connectivity index (χ0n) is 14.2. The summed E-state index contributed by atoms with van der Waals surface area (Å²) in [4.78, 5) is 12.4. The van der Waals surface area contributed by atoms with E-state index in [1.54, 1.807) is 36.4 Å². The molecule has 1 unspecified atom stereocenters. The molecule has 1 N–H and O–H groups in total. The van der Waals surface area contributed by atoms with Gasteiger partial charge in [-0.2, -0.15) is 0 Å². The Labute approximate surface area is 152 Å². The third-order valence-electron chi connectivity index (χ3n) is 3.80. The molecular weight excluding hydrogens is 362 g/mol. The number of ether oxygens (including phenoxy) is 1. The summed E-state index contributed by atoms with van der Waals surface area (Å²) < 4.78 is 30.2. The van der Waals surface area contributed by atoms with Crippen molar-refractivity contribution in [1.29, 1.82) is 0 Å². The molecule has 0 aliphatic heterocycles. The molecule has 0 heterocycles. The van der Waals surface area contributed by atoms with E-state index in [-0.39, 0.29) is 5.75 Å². The summed E-state index contributed by atoms with van der Waals surface area (Å²) in [5.74, 6) is -0.358. The van der Waals surface area contributed by atoms with E-state index >= 15 is 0 Å². The van der Waals surface area contributed by atoms with Gasteiger partial charge in [-0.15, -0.1) is 0 Å². The molecule has 134 valence electrons. The highest BCUT2D eigenvalue weighted by Gasteiger charge is 2.28. The van der Waals surface area contributed by atoms with Crippen LogP contribution < -0.4 is 10.1 Å². The van der Waals surface area contributed by atoms with Crippen LogP contribution in [-0.4, -0.2) is 26.7 Å². The lowest BCUT2D eigenvalue weighted by molar-refractivity contribution is -0.115. The van der Waals surface area contributed by atoms with Crippen molar-refractivity contribution in [2.75, 3.05) is 12.4 Å². The first-order chi connectivity index (χ1) is 11.7. The summed E-state index contributed by atoms with van der Waals surface area (Å²) in [7, 11) is -2.18. The molecule has 0 aliphatic rings. The minimum Gasteiger partial charge on any atom is -0.495 e. The van der Waals surface area contributed by atoms with Crippen LogP contribution in [0.25, 0.3) is 0 Å². The third-order valence-corrected chi connectivity index (χ3v) is 6.08. The maximum Gasteiger partial charge on any atom is 0.242 e. The van der Waals surface area contributed by atoms with E-state index < -0.39 is 21.0 Å². The highest BCUT2D eigenvalue weighted by Crippen LogP contribution is 2.26. The van der Waals surface area contributed by atoms with E-state index in [9.17, 15) is 13.2 Å². The second-order valence-electron chi connectivity index (χ2n) is 5.77. The minimum absolute atomic E-state index is 0.232. The van der Waals surface area contributed by atoms with Crippen molar-refractivity contribution in [2.24, 2.45) is 0 Å². The van der Waals surface area contributed by atoms with Gasteiger partial charge in [0.05, 0.1) is 18.6 Å². The molecule has 0 saturated carbocycles. The largest absolute Gasteiger partial charge is 0.495 e. The highest BCUT2D eigenvalue weighted by atomic mass is 35.5. The Bertz CT molecular complexity index is 863. The number of hydrogen-bond donors (Lipinski definition) is 1. The lowest BCUT2D eigenvalue weighted by Crippen LogP contribution is -2.33. The predicted molar refractivity (Wildman–Crippen MR) is 99.9 cm³/mol. The van der Waals surface area contributed by atoms with Crippen molar-refractivity contribution in [3.63, 3.8) is 0 Å². The Morgan fingerprint density at radius 1 is 1.20 bits per heavy atom. The van der Waals surface area contributed by atoms with Crippen LogP contribution in [0.2, 0.25) is 5.02 Å². The standard InChI is InChI=1S/C18H20ClNO4S/c1-12-4-9-17(24-3)16(10-12)20-18(21)13(2)25(22,23)11-14-5-7-15(19)8-6-14/h4-10,13H,11H2,1-3H3,(H,20,21). The molecule has 2 aromatic carbocycles. The van der Waals surface area contributed by atoms with Gasteiger partial charge in [0.15, 0.2) is 9.84 Å². The zero-order valence-corrected chi connectivity index (χ0v) is 15.8. The average molecular weight is 382 g/mol.